The second-order valence-electron chi connectivity index (χ2n) is 17.4. The minimum atomic E-state index is -0.607. The number of rotatable bonds is 9. The second kappa shape index (κ2) is 24.1. The highest BCUT2D eigenvalue weighted by Gasteiger charge is 2.25. The number of benzene rings is 6. The number of aromatic nitrogens is 6. The molecule has 382 valence electrons. The van der Waals surface area contributed by atoms with E-state index in [9.17, 15) is 9.59 Å². The number of ketones is 1. The minimum absolute atomic E-state index is 0. The molecule has 1 aliphatic heterocycles. The van der Waals surface area contributed by atoms with Crippen LogP contribution in [0.3, 0.4) is 0 Å². The van der Waals surface area contributed by atoms with Crippen LogP contribution in [0.15, 0.2) is 143 Å². The summed E-state index contributed by atoms with van der Waals surface area (Å²) in [6.07, 6.45) is 0. The van der Waals surface area contributed by atoms with Gasteiger partial charge in [0.25, 0.3) is 5.24 Å². The summed E-state index contributed by atoms with van der Waals surface area (Å²) in [5.41, 5.74) is 15.8. The molecule has 0 amide bonds. The van der Waals surface area contributed by atoms with Crippen LogP contribution in [-0.4, -0.2) is 52.6 Å². The number of hydrogen-bond donors (Lipinski definition) is 0. The van der Waals surface area contributed by atoms with E-state index in [0.29, 0.717) is 59.3 Å². The highest BCUT2D eigenvalue weighted by Crippen LogP contribution is 2.37. The van der Waals surface area contributed by atoms with Gasteiger partial charge in [-0.15, -0.1) is 5.10 Å². The summed E-state index contributed by atoms with van der Waals surface area (Å²) in [6, 6.07) is 40.1. The van der Waals surface area contributed by atoms with E-state index in [1.807, 2.05) is 93.9 Å². The van der Waals surface area contributed by atoms with Gasteiger partial charge in [-0.1, -0.05) is 167 Å². The molecule has 0 aliphatic carbocycles. The summed E-state index contributed by atoms with van der Waals surface area (Å²) >= 11 is 42.9. The molecule has 0 spiro atoms. The van der Waals surface area contributed by atoms with Crippen LogP contribution < -0.4 is 0 Å². The molecule has 6 aromatic carbocycles. The standard InChI is InChI=1S/C19H15Cl2N5.C19H16Cl2N2O.C18H13Cl3N2O.CH4/c1-11-3-5-13(6-4-11)19-12(2)18(16-10-22-25-23-16)24-26(19)17-8-7-14(20)9-15(17)21;1-11-4-6-14(7-5-11)19-12(2)18(13(3)24)22-23(19)17-9-8-15(20)10-16(17)21;1-10-3-5-12(6-4-10)17-11(2)16(18(21)24)22-23(17)15-8-7-13(19)9-14(15)20;/h3-9H,10H2,1-2H3;4-10H,1-3H3;3-9H,1-2H3;1H4. The summed E-state index contributed by atoms with van der Waals surface area (Å²) in [4.78, 5) is 23.7. The van der Waals surface area contributed by atoms with Crippen LogP contribution in [0.2, 0.25) is 30.1 Å². The van der Waals surface area contributed by atoms with Crippen LogP contribution in [-0.2, 0) is 0 Å². The zero-order valence-corrected chi connectivity index (χ0v) is 46.1. The molecule has 0 unspecified atom stereocenters. The summed E-state index contributed by atoms with van der Waals surface area (Å²) in [5.74, 6) is -0.0790. The lowest BCUT2D eigenvalue weighted by molar-refractivity contribution is 0.101. The van der Waals surface area contributed by atoms with E-state index in [2.05, 4.69) is 56.8 Å². The number of Topliss-reactive ketones (excluding diaryl/α,β-unsaturated/α-hetero) is 1. The predicted octanol–water partition coefficient (Wildman–Crippen LogP) is 17.8. The fourth-order valence-corrected chi connectivity index (χ4v) is 9.90. The Bertz CT molecular complexity index is 3520. The van der Waals surface area contributed by atoms with Crippen molar-refractivity contribution in [2.24, 2.45) is 15.4 Å². The normalized spacial score (nSPS) is 11.6. The van der Waals surface area contributed by atoms with Gasteiger partial charge in [-0.05, 0) is 113 Å². The van der Waals surface area contributed by atoms with Gasteiger partial charge in [0, 0.05) is 55.4 Å². The van der Waals surface area contributed by atoms with E-state index >= 15 is 0 Å². The van der Waals surface area contributed by atoms with Crippen molar-refractivity contribution in [3.8, 4) is 50.8 Å². The maximum absolute atomic E-state index is 12.0. The average molecular weight is 1140 g/mol. The molecule has 1 aliphatic rings. The molecule has 4 heterocycles. The molecular weight excluding hydrogens is 1090 g/mol. The van der Waals surface area contributed by atoms with Crippen LogP contribution in [0.4, 0.5) is 0 Å². The highest BCUT2D eigenvalue weighted by atomic mass is 35.5. The van der Waals surface area contributed by atoms with Crippen molar-refractivity contribution in [1.82, 2.24) is 29.3 Å². The number of carbonyl (C=O) groups excluding carboxylic acids is 2. The van der Waals surface area contributed by atoms with E-state index in [4.69, 9.17) is 86.3 Å². The molecule has 0 atom stereocenters. The van der Waals surface area contributed by atoms with E-state index in [0.717, 1.165) is 67.6 Å². The molecule has 18 heteroatoms. The molecule has 11 nitrogen and oxygen atoms in total. The van der Waals surface area contributed by atoms with Gasteiger partial charge < -0.3 is 0 Å². The molecule has 0 radical (unpaired) electrons. The van der Waals surface area contributed by atoms with Gasteiger partial charge in [0.1, 0.15) is 29.3 Å². The molecule has 9 aromatic rings. The van der Waals surface area contributed by atoms with Gasteiger partial charge in [-0.2, -0.15) is 20.4 Å². The monoisotopic (exact) mass is 1140 g/mol. The van der Waals surface area contributed by atoms with Gasteiger partial charge >= 0.3 is 0 Å². The molecule has 0 N–H and O–H groups in total. The minimum Gasteiger partial charge on any atom is -0.293 e. The lowest BCUT2D eigenvalue weighted by Gasteiger charge is -2.11. The Morgan fingerprint density at radius 2 is 0.813 bits per heavy atom. The van der Waals surface area contributed by atoms with Gasteiger partial charge in [0.15, 0.2) is 5.78 Å². The van der Waals surface area contributed by atoms with Crippen molar-refractivity contribution >= 4 is 97.9 Å². The van der Waals surface area contributed by atoms with Crippen LogP contribution in [0, 0.1) is 41.5 Å². The van der Waals surface area contributed by atoms with Crippen molar-refractivity contribution in [2.45, 2.75) is 55.9 Å². The first-order valence-electron chi connectivity index (χ1n) is 22.8. The van der Waals surface area contributed by atoms with Gasteiger partial charge in [-0.3, -0.25) is 9.59 Å². The van der Waals surface area contributed by atoms with Gasteiger partial charge in [0.05, 0.1) is 49.2 Å². The zero-order valence-electron chi connectivity index (χ0n) is 40.8. The quantitative estimate of drug-likeness (QED) is 0.105. The maximum Gasteiger partial charge on any atom is 0.273 e. The summed E-state index contributed by atoms with van der Waals surface area (Å²) in [7, 11) is 0. The Labute approximate surface area is 470 Å². The average Bonchev–Trinajstić information content (AvgIpc) is 4.16. The topological polar surface area (TPSA) is 125 Å². The van der Waals surface area contributed by atoms with Crippen molar-refractivity contribution in [2.75, 3.05) is 6.54 Å². The number of carbonyl (C=O) groups is 2. The third kappa shape index (κ3) is 12.3. The molecule has 75 heavy (non-hydrogen) atoms. The third-order valence-electron chi connectivity index (χ3n) is 12.0. The molecule has 0 fully saturated rings. The SMILES string of the molecule is C.CC(=O)c1nn(-c2ccc(Cl)cc2Cl)c(-c2ccc(C)cc2)c1C.Cc1ccc(-c2c(C)c(C(=O)Cl)nn2-c2ccc(Cl)cc2Cl)cc1.Cc1ccc(-c2c(C)c(C3=NN=NC3)nn2-c2ccc(Cl)cc2Cl)cc1. The van der Waals surface area contributed by atoms with E-state index in [-0.39, 0.29) is 18.9 Å². The van der Waals surface area contributed by atoms with Crippen LogP contribution >= 0.6 is 81.2 Å². The Hall–Kier alpha value is -6.41. The number of nitrogens with zero attached hydrogens (tertiary/aromatic N) is 9. The predicted molar refractivity (Wildman–Crippen MR) is 309 cm³/mol. The van der Waals surface area contributed by atoms with E-state index in [1.165, 1.54) is 18.1 Å². The molecule has 10 rings (SSSR count). The molecule has 0 bridgehead atoms. The van der Waals surface area contributed by atoms with E-state index < -0.39 is 5.24 Å². The number of aryl methyl sites for hydroxylation is 3. The molecule has 3 aromatic heterocycles. The van der Waals surface area contributed by atoms with Crippen molar-refractivity contribution in [3.63, 3.8) is 0 Å². The van der Waals surface area contributed by atoms with Crippen molar-refractivity contribution in [1.29, 1.82) is 0 Å². The summed E-state index contributed by atoms with van der Waals surface area (Å²) < 4.78 is 5.19. The molecule has 0 saturated heterocycles. The molecule has 0 saturated carbocycles. The lowest BCUT2D eigenvalue weighted by atomic mass is 10.0. The fourth-order valence-electron chi connectivity index (χ4n) is 8.25. The summed E-state index contributed by atoms with van der Waals surface area (Å²) in [6.45, 7) is 13.8. The highest BCUT2D eigenvalue weighted by molar-refractivity contribution is 6.67. The Kier molecular flexibility index (Phi) is 18.1. The first-order chi connectivity index (χ1) is 35.3. The van der Waals surface area contributed by atoms with Gasteiger partial charge in [-0.25, -0.2) is 14.0 Å². The third-order valence-corrected chi connectivity index (χ3v) is 13.8. The van der Waals surface area contributed by atoms with Crippen LogP contribution in [0.25, 0.3) is 50.8 Å². The van der Waals surface area contributed by atoms with Crippen LogP contribution in [0.5, 0.6) is 0 Å². The first kappa shape index (κ1) is 56.3. The zero-order chi connectivity index (χ0) is 53.1. The maximum atomic E-state index is 12.0. The number of hydrogen-bond acceptors (Lipinski definition) is 8. The number of halogens is 7. The molecular formula is C57H48Cl7N9O2. The Morgan fingerprint density at radius 3 is 1.15 bits per heavy atom. The first-order valence-corrected chi connectivity index (χ1v) is 25.5. The van der Waals surface area contributed by atoms with Crippen molar-refractivity contribution < 1.29 is 9.59 Å². The van der Waals surface area contributed by atoms with Crippen LogP contribution in [0.1, 0.15) is 74.4 Å². The Morgan fingerprint density at radius 1 is 0.467 bits per heavy atom. The van der Waals surface area contributed by atoms with Crippen molar-refractivity contribution in [3.05, 3.63) is 208 Å². The lowest BCUT2D eigenvalue weighted by Crippen LogP contribution is -2.06. The summed E-state index contributed by atoms with van der Waals surface area (Å²) in [5, 5.41) is 27.9. The fraction of sp³-hybridized carbons (Fsp3) is 0.158. The largest absolute Gasteiger partial charge is 0.293 e. The van der Waals surface area contributed by atoms with E-state index in [1.54, 1.807) is 57.9 Å². The Balaban J connectivity index is 0.000000163. The van der Waals surface area contributed by atoms with Gasteiger partial charge in [0.2, 0.25) is 0 Å². The second-order valence-corrected chi connectivity index (χ2v) is 20.2. The smallest absolute Gasteiger partial charge is 0.273 e.